The molecule has 6 nitrogen and oxygen atoms in total. The van der Waals surface area contributed by atoms with Crippen molar-refractivity contribution in [3.05, 3.63) is 47.5 Å². The molecule has 3 fully saturated rings. The van der Waals surface area contributed by atoms with E-state index in [0.717, 1.165) is 31.5 Å². The Kier molecular flexibility index (Phi) is 9.93. The monoisotopic (exact) mass is 483 g/mol. The molecule has 6 heteroatoms. The molecular weight excluding hydrogens is 442 g/mol. The van der Waals surface area contributed by atoms with Gasteiger partial charge in [-0.05, 0) is 49.1 Å². The van der Waals surface area contributed by atoms with E-state index in [1.165, 1.54) is 37.7 Å². The molecule has 3 atom stereocenters. The molecule has 1 aromatic carbocycles. The highest BCUT2D eigenvalue weighted by atomic mass is 16.5. The van der Waals surface area contributed by atoms with Crippen LogP contribution < -0.4 is 0 Å². The van der Waals surface area contributed by atoms with E-state index in [-0.39, 0.29) is 30.3 Å². The number of rotatable bonds is 11. The first-order valence-corrected chi connectivity index (χ1v) is 13.5. The summed E-state index contributed by atoms with van der Waals surface area (Å²) >= 11 is 0. The molecule has 1 saturated heterocycles. The number of carboxylic acid groups (broad SMARTS) is 1. The minimum atomic E-state index is -0.757. The molecule has 192 valence electrons. The highest BCUT2D eigenvalue weighted by molar-refractivity contribution is 5.87. The third-order valence-electron chi connectivity index (χ3n) is 7.91. The van der Waals surface area contributed by atoms with E-state index in [4.69, 9.17) is 14.6 Å². The minimum Gasteiger partial charge on any atom is -0.481 e. The summed E-state index contributed by atoms with van der Waals surface area (Å²) in [5.74, 6) is 0.325. The predicted octanol–water partition coefficient (Wildman–Crippen LogP) is 5.11. The van der Waals surface area contributed by atoms with Gasteiger partial charge in [0, 0.05) is 31.8 Å². The fourth-order valence-electron chi connectivity index (χ4n) is 5.97. The number of hydrogen-bond acceptors (Lipinski definition) is 5. The van der Waals surface area contributed by atoms with Gasteiger partial charge < -0.3 is 14.6 Å². The van der Waals surface area contributed by atoms with Crippen molar-refractivity contribution in [3.63, 3.8) is 0 Å². The zero-order valence-electron chi connectivity index (χ0n) is 20.9. The summed E-state index contributed by atoms with van der Waals surface area (Å²) in [4.78, 5) is 26.1. The Morgan fingerprint density at radius 3 is 2.54 bits per heavy atom. The first-order valence-electron chi connectivity index (χ1n) is 13.5. The highest BCUT2D eigenvalue weighted by Gasteiger charge is 2.45. The molecule has 3 unspecified atom stereocenters. The molecule has 0 radical (unpaired) electrons. The van der Waals surface area contributed by atoms with Crippen molar-refractivity contribution in [1.82, 2.24) is 4.90 Å². The second-order valence-corrected chi connectivity index (χ2v) is 10.3. The van der Waals surface area contributed by atoms with Crippen molar-refractivity contribution < 1.29 is 24.2 Å². The molecule has 0 aromatic heterocycles. The van der Waals surface area contributed by atoms with Gasteiger partial charge in [-0.15, -0.1) is 0 Å². The number of benzene rings is 1. The Balaban J connectivity index is 1.36. The van der Waals surface area contributed by atoms with Crippen molar-refractivity contribution in [3.8, 4) is 0 Å². The second-order valence-electron chi connectivity index (χ2n) is 10.3. The number of carboxylic acids is 1. The van der Waals surface area contributed by atoms with Crippen LogP contribution in [0.2, 0.25) is 0 Å². The average molecular weight is 484 g/mol. The Morgan fingerprint density at radius 2 is 1.83 bits per heavy atom. The Labute approximate surface area is 209 Å². The van der Waals surface area contributed by atoms with Crippen molar-refractivity contribution in [2.75, 3.05) is 26.3 Å². The summed E-state index contributed by atoms with van der Waals surface area (Å²) in [6.07, 6.45) is 13.5. The average Bonchev–Trinajstić information content (AvgIpc) is 3.20. The van der Waals surface area contributed by atoms with E-state index in [2.05, 4.69) is 41.3 Å². The molecule has 0 spiro atoms. The summed E-state index contributed by atoms with van der Waals surface area (Å²) in [5.41, 5.74) is 2.61. The number of carbonyl (C=O) groups is 2. The van der Waals surface area contributed by atoms with Crippen LogP contribution in [0.25, 0.3) is 0 Å². The van der Waals surface area contributed by atoms with Gasteiger partial charge in [-0.25, -0.2) is 0 Å². The summed E-state index contributed by atoms with van der Waals surface area (Å²) in [6, 6.07) is 8.79. The quantitative estimate of drug-likeness (QED) is 0.348. The van der Waals surface area contributed by atoms with Crippen LogP contribution in [0.3, 0.4) is 0 Å². The molecule has 1 aromatic rings. The van der Waals surface area contributed by atoms with Crippen LogP contribution in [0, 0.1) is 5.92 Å². The lowest BCUT2D eigenvalue weighted by Crippen LogP contribution is -2.49. The molecule has 0 bridgehead atoms. The van der Waals surface area contributed by atoms with Crippen LogP contribution in [0.5, 0.6) is 0 Å². The van der Waals surface area contributed by atoms with Gasteiger partial charge >= 0.3 is 5.97 Å². The van der Waals surface area contributed by atoms with E-state index in [9.17, 15) is 9.59 Å². The zero-order valence-corrected chi connectivity index (χ0v) is 20.9. The molecule has 0 amide bonds. The maximum Gasteiger partial charge on any atom is 0.303 e. The first-order chi connectivity index (χ1) is 17.1. The Morgan fingerprint density at radius 1 is 1.09 bits per heavy atom. The number of ether oxygens (including phenoxy) is 2. The number of Topliss-reactive ketones (excluding diaryl/α,β-unsaturated/α-hetero) is 1. The number of allylic oxidation sites excluding steroid dienone is 2. The van der Waals surface area contributed by atoms with E-state index in [0.29, 0.717) is 38.6 Å². The number of aliphatic carboxylic acids is 1. The number of hydrogen-bond donors (Lipinski definition) is 1. The third-order valence-corrected chi connectivity index (χ3v) is 7.91. The van der Waals surface area contributed by atoms with E-state index in [1.54, 1.807) is 0 Å². The number of unbranched alkanes of at least 4 members (excludes halogenated alkanes) is 1. The van der Waals surface area contributed by atoms with Gasteiger partial charge in [-0.3, -0.25) is 14.5 Å². The lowest BCUT2D eigenvalue weighted by Gasteiger charge is -2.35. The topological polar surface area (TPSA) is 76.1 Å². The fourth-order valence-corrected chi connectivity index (χ4v) is 5.97. The van der Waals surface area contributed by atoms with Crippen LogP contribution >= 0.6 is 0 Å². The van der Waals surface area contributed by atoms with Crippen molar-refractivity contribution in [1.29, 1.82) is 0 Å². The molecule has 1 heterocycles. The van der Waals surface area contributed by atoms with Gasteiger partial charge in [0.15, 0.2) is 5.78 Å². The molecule has 2 saturated carbocycles. The van der Waals surface area contributed by atoms with Crippen LogP contribution in [-0.2, 0) is 25.7 Å². The van der Waals surface area contributed by atoms with E-state index >= 15 is 0 Å². The lowest BCUT2D eigenvalue weighted by atomic mass is 9.84. The van der Waals surface area contributed by atoms with Gasteiger partial charge in [0.2, 0.25) is 0 Å². The molecular formula is C29H41NO5. The number of morpholine rings is 1. The number of ketones is 1. The van der Waals surface area contributed by atoms with Crippen LogP contribution in [0.4, 0.5) is 0 Å². The first kappa shape index (κ1) is 26.1. The Bertz CT molecular complexity index is 839. The van der Waals surface area contributed by atoms with Crippen molar-refractivity contribution >= 4 is 11.8 Å². The fraction of sp³-hybridized carbons (Fsp3) is 0.655. The molecule has 1 aliphatic heterocycles. The van der Waals surface area contributed by atoms with Gasteiger partial charge in [0.25, 0.3) is 0 Å². The van der Waals surface area contributed by atoms with E-state index in [1.807, 2.05) is 0 Å². The van der Waals surface area contributed by atoms with E-state index < -0.39 is 5.97 Å². The molecule has 4 rings (SSSR count). The predicted molar refractivity (Wildman–Crippen MR) is 135 cm³/mol. The van der Waals surface area contributed by atoms with Crippen molar-refractivity contribution in [2.45, 2.75) is 88.9 Å². The molecule has 1 N–H and O–H groups in total. The number of carbonyl (C=O) groups excluding carboxylic acids is 1. The van der Waals surface area contributed by atoms with Crippen LogP contribution in [0.1, 0.15) is 81.3 Å². The lowest BCUT2D eigenvalue weighted by molar-refractivity contribution is -0.137. The maximum atomic E-state index is 13.1. The van der Waals surface area contributed by atoms with Gasteiger partial charge in [-0.2, -0.15) is 0 Å². The van der Waals surface area contributed by atoms with Crippen LogP contribution in [-0.4, -0.2) is 60.2 Å². The summed E-state index contributed by atoms with van der Waals surface area (Å²) in [6.45, 7) is 3.42. The summed E-state index contributed by atoms with van der Waals surface area (Å²) < 4.78 is 11.9. The third kappa shape index (κ3) is 7.48. The standard InChI is InChI=1S/C29H41NO5/c31-26-20-27(35-21-22-12-14-24(15-13-22)23-8-4-3-5-9-23)25(10-6-1-2-7-11-28(32)33)29(26)30-16-18-34-19-17-30/h1,6,12-15,23,25,27,29H,2-5,7-11,16-21H2,(H,32,33). The van der Waals surface area contributed by atoms with Crippen LogP contribution in [0.15, 0.2) is 36.4 Å². The SMILES string of the molecule is O=C(O)CCCC=CCC1C(OCc2ccc(C3CCCCC3)cc2)CC(=O)C1N1CCOCC1. The Hall–Kier alpha value is -2.02. The maximum absolute atomic E-state index is 13.1. The normalized spacial score (nSPS) is 26.5. The summed E-state index contributed by atoms with van der Waals surface area (Å²) in [7, 11) is 0. The van der Waals surface area contributed by atoms with Gasteiger partial charge in [0.1, 0.15) is 0 Å². The zero-order chi connectivity index (χ0) is 24.5. The largest absolute Gasteiger partial charge is 0.481 e. The minimum absolute atomic E-state index is 0.1000. The molecule has 35 heavy (non-hydrogen) atoms. The van der Waals surface area contributed by atoms with Gasteiger partial charge in [-0.1, -0.05) is 55.7 Å². The van der Waals surface area contributed by atoms with Crippen molar-refractivity contribution in [2.24, 2.45) is 5.92 Å². The smallest absolute Gasteiger partial charge is 0.303 e. The highest BCUT2D eigenvalue weighted by Crippen LogP contribution is 2.35. The second kappa shape index (κ2) is 13.3. The van der Waals surface area contributed by atoms with Gasteiger partial charge in [0.05, 0.1) is 32.0 Å². The summed E-state index contributed by atoms with van der Waals surface area (Å²) in [5, 5.41) is 8.83. The molecule has 3 aliphatic rings. The number of nitrogens with zero attached hydrogens (tertiary/aromatic N) is 1. The molecule has 2 aliphatic carbocycles.